The Morgan fingerprint density at radius 3 is 2.46 bits per heavy atom. The van der Waals surface area contributed by atoms with Gasteiger partial charge in [-0.3, -0.25) is 0 Å². The summed E-state index contributed by atoms with van der Waals surface area (Å²) in [6, 6.07) is 4.34. The quantitative estimate of drug-likeness (QED) is 0.261. The van der Waals surface area contributed by atoms with E-state index in [1.807, 2.05) is 0 Å². The van der Waals surface area contributed by atoms with Gasteiger partial charge in [-0.15, -0.1) is 0 Å². The fourth-order valence-corrected chi connectivity index (χ4v) is 2.27. The molecule has 0 bridgehead atoms. The summed E-state index contributed by atoms with van der Waals surface area (Å²) >= 11 is 0. The standard InChI is InChI=1S/C15H22O9/c16-7-10-12(19)13(20)14(21)15(24-10)23-6-2-5-22-9-4-1-3-8(17)11(9)18/h1,3-4,10,12-21H,2,5-7H2/t10-,12-,13+,14-,15-/m1/s1. The van der Waals surface area contributed by atoms with Crippen LogP contribution in [0.3, 0.4) is 0 Å². The van der Waals surface area contributed by atoms with Crippen molar-refractivity contribution in [1.82, 2.24) is 0 Å². The van der Waals surface area contributed by atoms with Crippen LogP contribution in [0.25, 0.3) is 0 Å². The molecular weight excluding hydrogens is 324 g/mol. The second kappa shape index (κ2) is 8.47. The van der Waals surface area contributed by atoms with Gasteiger partial charge in [0.15, 0.2) is 17.8 Å². The summed E-state index contributed by atoms with van der Waals surface area (Å²) in [5.41, 5.74) is 0. The van der Waals surface area contributed by atoms with Crippen LogP contribution in [0.4, 0.5) is 0 Å². The number of hydrogen-bond acceptors (Lipinski definition) is 9. The van der Waals surface area contributed by atoms with E-state index in [9.17, 15) is 25.5 Å². The minimum atomic E-state index is -1.48. The highest BCUT2D eigenvalue weighted by Crippen LogP contribution is 2.34. The molecule has 0 radical (unpaired) electrons. The Kier molecular flexibility index (Phi) is 6.60. The molecule has 1 heterocycles. The summed E-state index contributed by atoms with van der Waals surface area (Å²) in [7, 11) is 0. The van der Waals surface area contributed by atoms with Crippen molar-refractivity contribution in [2.75, 3.05) is 19.8 Å². The number of aliphatic hydroxyl groups is 4. The van der Waals surface area contributed by atoms with Gasteiger partial charge in [-0.05, 0) is 12.1 Å². The van der Waals surface area contributed by atoms with Crippen LogP contribution in [-0.2, 0) is 9.47 Å². The highest BCUT2D eigenvalue weighted by atomic mass is 16.7. The monoisotopic (exact) mass is 346 g/mol. The highest BCUT2D eigenvalue weighted by Gasteiger charge is 2.43. The smallest absolute Gasteiger partial charge is 0.200 e. The van der Waals surface area contributed by atoms with E-state index in [2.05, 4.69) is 0 Å². The molecule has 0 unspecified atom stereocenters. The summed E-state index contributed by atoms with van der Waals surface area (Å²) in [6.45, 7) is -0.263. The average Bonchev–Trinajstić information content (AvgIpc) is 2.58. The number of hydrogen-bond donors (Lipinski definition) is 6. The lowest BCUT2D eigenvalue weighted by molar-refractivity contribution is -0.301. The van der Waals surface area contributed by atoms with Crippen molar-refractivity contribution in [3.8, 4) is 17.2 Å². The maximum Gasteiger partial charge on any atom is 0.200 e. The fourth-order valence-electron chi connectivity index (χ4n) is 2.27. The molecule has 1 aromatic carbocycles. The lowest BCUT2D eigenvalue weighted by Gasteiger charge is -2.39. The molecule has 5 atom stereocenters. The zero-order chi connectivity index (χ0) is 17.7. The molecule has 2 rings (SSSR count). The van der Waals surface area contributed by atoms with Gasteiger partial charge >= 0.3 is 0 Å². The first-order valence-electron chi connectivity index (χ1n) is 7.51. The first-order valence-corrected chi connectivity index (χ1v) is 7.51. The summed E-state index contributed by atoms with van der Waals surface area (Å²) < 4.78 is 15.8. The van der Waals surface area contributed by atoms with E-state index in [4.69, 9.17) is 19.3 Å². The molecule has 6 N–H and O–H groups in total. The van der Waals surface area contributed by atoms with Crippen LogP contribution in [0.15, 0.2) is 18.2 Å². The number of phenolic OH excluding ortho intramolecular Hbond substituents is 2. The van der Waals surface area contributed by atoms with Crippen molar-refractivity contribution in [2.24, 2.45) is 0 Å². The molecule has 9 nitrogen and oxygen atoms in total. The lowest BCUT2D eigenvalue weighted by Crippen LogP contribution is -2.59. The number of rotatable bonds is 7. The summed E-state index contributed by atoms with van der Waals surface area (Å²) in [5.74, 6) is -0.514. The summed E-state index contributed by atoms with van der Waals surface area (Å²) in [5, 5.41) is 57.0. The minimum Gasteiger partial charge on any atom is -0.504 e. The SMILES string of the molecule is OC[C@H]1O[C@@H](OCCCOc2cccc(O)c2O)[C@H](O)[C@@H](O)[C@@H]1O. The van der Waals surface area contributed by atoms with Crippen LogP contribution < -0.4 is 4.74 Å². The molecule has 0 amide bonds. The van der Waals surface area contributed by atoms with Gasteiger partial charge < -0.3 is 44.8 Å². The predicted octanol–water partition coefficient (Wildman–Crippen LogP) is -1.32. The van der Waals surface area contributed by atoms with Crippen LogP contribution >= 0.6 is 0 Å². The predicted molar refractivity (Wildman–Crippen MR) is 79.6 cm³/mol. The van der Waals surface area contributed by atoms with Crippen LogP contribution in [-0.4, -0.2) is 81.2 Å². The number of aliphatic hydroxyl groups excluding tert-OH is 4. The Morgan fingerprint density at radius 2 is 1.75 bits per heavy atom. The van der Waals surface area contributed by atoms with Crippen molar-refractivity contribution in [3.63, 3.8) is 0 Å². The number of benzene rings is 1. The Morgan fingerprint density at radius 1 is 1.00 bits per heavy atom. The largest absolute Gasteiger partial charge is 0.504 e. The van der Waals surface area contributed by atoms with Crippen molar-refractivity contribution in [1.29, 1.82) is 0 Å². The van der Waals surface area contributed by atoms with E-state index < -0.39 is 37.3 Å². The molecule has 9 heteroatoms. The molecule has 0 aliphatic carbocycles. The maximum atomic E-state index is 9.79. The number of para-hydroxylation sites is 1. The van der Waals surface area contributed by atoms with Crippen molar-refractivity contribution in [2.45, 2.75) is 37.1 Å². The first-order chi connectivity index (χ1) is 11.5. The molecule has 1 aromatic rings. The van der Waals surface area contributed by atoms with Gasteiger partial charge in [-0.2, -0.15) is 0 Å². The normalized spacial score (nSPS) is 30.2. The molecule has 0 spiro atoms. The van der Waals surface area contributed by atoms with E-state index in [1.54, 1.807) is 0 Å². The van der Waals surface area contributed by atoms with Crippen LogP contribution in [0.2, 0.25) is 0 Å². The zero-order valence-corrected chi connectivity index (χ0v) is 12.9. The number of ether oxygens (including phenoxy) is 3. The molecular formula is C15H22O9. The van der Waals surface area contributed by atoms with Gasteiger partial charge in [0.05, 0.1) is 19.8 Å². The van der Waals surface area contributed by atoms with Gasteiger partial charge in [0.25, 0.3) is 0 Å². The topological polar surface area (TPSA) is 149 Å². The van der Waals surface area contributed by atoms with Crippen LogP contribution in [0.1, 0.15) is 6.42 Å². The third-order valence-electron chi connectivity index (χ3n) is 3.65. The van der Waals surface area contributed by atoms with Gasteiger partial charge in [0.1, 0.15) is 24.4 Å². The second-order valence-electron chi connectivity index (χ2n) is 5.39. The van der Waals surface area contributed by atoms with Crippen LogP contribution in [0, 0.1) is 0 Å². The number of phenols is 2. The van der Waals surface area contributed by atoms with Gasteiger partial charge in [-0.25, -0.2) is 0 Å². The minimum absolute atomic E-state index is 0.0995. The molecule has 1 aliphatic rings. The first kappa shape index (κ1) is 18.7. The van der Waals surface area contributed by atoms with Gasteiger partial charge in [0.2, 0.25) is 5.75 Å². The number of aromatic hydroxyl groups is 2. The van der Waals surface area contributed by atoms with E-state index >= 15 is 0 Å². The van der Waals surface area contributed by atoms with Crippen molar-refractivity contribution < 1.29 is 44.8 Å². The molecule has 0 aromatic heterocycles. The molecule has 0 saturated carbocycles. The fraction of sp³-hybridized carbons (Fsp3) is 0.600. The van der Waals surface area contributed by atoms with Gasteiger partial charge in [0, 0.05) is 6.42 Å². The van der Waals surface area contributed by atoms with Crippen LogP contribution in [0.5, 0.6) is 17.2 Å². The Bertz CT molecular complexity index is 522. The molecule has 136 valence electrons. The van der Waals surface area contributed by atoms with Crippen molar-refractivity contribution in [3.05, 3.63) is 18.2 Å². The highest BCUT2D eigenvalue weighted by molar-refractivity contribution is 5.48. The Hall–Kier alpha value is -1.62. The summed E-state index contributed by atoms with van der Waals surface area (Å²) in [4.78, 5) is 0. The average molecular weight is 346 g/mol. The Balaban J connectivity index is 1.74. The Labute approximate surface area is 138 Å². The van der Waals surface area contributed by atoms with E-state index in [-0.39, 0.29) is 30.5 Å². The van der Waals surface area contributed by atoms with Gasteiger partial charge in [-0.1, -0.05) is 6.07 Å². The molecule has 24 heavy (non-hydrogen) atoms. The zero-order valence-electron chi connectivity index (χ0n) is 12.9. The van der Waals surface area contributed by atoms with E-state index in [0.29, 0.717) is 6.42 Å². The lowest BCUT2D eigenvalue weighted by atomic mass is 9.99. The molecule has 1 fully saturated rings. The third-order valence-corrected chi connectivity index (χ3v) is 3.65. The molecule has 1 saturated heterocycles. The summed E-state index contributed by atoms with van der Waals surface area (Å²) in [6.07, 6.45) is -6.20. The van der Waals surface area contributed by atoms with E-state index in [0.717, 1.165) is 0 Å². The van der Waals surface area contributed by atoms with E-state index in [1.165, 1.54) is 18.2 Å². The third kappa shape index (κ3) is 4.26. The van der Waals surface area contributed by atoms with Crippen molar-refractivity contribution >= 4 is 0 Å². The molecule has 1 aliphatic heterocycles. The second-order valence-corrected chi connectivity index (χ2v) is 5.39. The maximum absolute atomic E-state index is 9.79.